The molecular weight excluding hydrogens is 286 g/mol. The van der Waals surface area contributed by atoms with Gasteiger partial charge in [-0.1, -0.05) is 30.4 Å². The van der Waals surface area contributed by atoms with Crippen molar-refractivity contribution < 1.29 is 13.5 Å². The quantitative estimate of drug-likeness (QED) is 0.799. The maximum Gasteiger partial charge on any atom is 0.235 e. The van der Waals surface area contributed by atoms with Gasteiger partial charge in [-0.15, -0.1) is 0 Å². The zero-order chi connectivity index (χ0) is 14.0. The van der Waals surface area contributed by atoms with Crippen LogP contribution in [-0.2, 0) is 10.0 Å². The van der Waals surface area contributed by atoms with Gasteiger partial charge in [-0.05, 0) is 24.1 Å². The number of nitrogens with zero attached hydrogens (tertiary/aromatic N) is 1. The van der Waals surface area contributed by atoms with Gasteiger partial charge in [0.2, 0.25) is 10.0 Å². The second-order valence-corrected chi connectivity index (χ2v) is 6.89. The molecule has 19 heavy (non-hydrogen) atoms. The van der Waals surface area contributed by atoms with Crippen molar-refractivity contribution in [3.8, 4) is 11.8 Å². The molecule has 0 aromatic heterocycles. The largest absolute Gasteiger partial charge is 0.384 e. The molecule has 0 aliphatic carbocycles. The predicted octanol–water partition coefficient (Wildman–Crippen LogP) is 1.47. The summed E-state index contributed by atoms with van der Waals surface area (Å²) < 4.78 is 25.4. The summed E-state index contributed by atoms with van der Waals surface area (Å²) in [4.78, 5) is 0. The zero-order valence-corrected chi connectivity index (χ0v) is 12.0. The molecule has 1 unspecified atom stereocenters. The molecule has 0 radical (unpaired) electrons. The van der Waals surface area contributed by atoms with E-state index in [0.717, 1.165) is 0 Å². The molecule has 4 nitrogen and oxygen atoms in total. The van der Waals surface area contributed by atoms with Crippen molar-refractivity contribution in [1.82, 2.24) is 0 Å². The number of benzene rings is 1. The number of hydrogen-bond acceptors (Lipinski definition) is 3. The number of anilines is 1. The van der Waals surface area contributed by atoms with Crippen molar-refractivity contribution in [1.29, 1.82) is 0 Å². The van der Waals surface area contributed by atoms with Crippen LogP contribution in [-0.4, -0.2) is 32.4 Å². The fraction of sp³-hybridized carbons (Fsp3) is 0.385. The molecule has 2 rings (SSSR count). The molecule has 1 atom stereocenters. The van der Waals surface area contributed by atoms with E-state index in [1.807, 2.05) is 6.92 Å². The lowest BCUT2D eigenvalue weighted by atomic mass is 10.2. The predicted molar refractivity (Wildman–Crippen MR) is 75.7 cm³/mol. The third-order valence-corrected chi connectivity index (χ3v) is 5.16. The van der Waals surface area contributed by atoms with Gasteiger partial charge in [0.1, 0.15) is 6.61 Å². The van der Waals surface area contributed by atoms with Crippen LogP contribution < -0.4 is 4.31 Å². The summed E-state index contributed by atoms with van der Waals surface area (Å²) in [5, 5.41) is 9.06. The van der Waals surface area contributed by atoms with Gasteiger partial charge in [0.05, 0.1) is 16.5 Å². The maximum atomic E-state index is 12.0. The van der Waals surface area contributed by atoms with E-state index < -0.39 is 10.0 Å². The van der Waals surface area contributed by atoms with E-state index in [4.69, 9.17) is 16.7 Å². The fourth-order valence-electron chi connectivity index (χ4n) is 2.07. The van der Waals surface area contributed by atoms with E-state index in [2.05, 4.69) is 11.8 Å². The van der Waals surface area contributed by atoms with Crippen molar-refractivity contribution in [2.45, 2.75) is 6.92 Å². The molecule has 1 aromatic carbocycles. The number of hydrogen-bond donors (Lipinski definition) is 1. The molecule has 1 aromatic rings. The van der Waals surface area contributed by atoms with Gasteiger partial charge in [0.15, 0.2) is 0 Å². The monoisotopic (exact) mass is 299 g/mol. The summed E-state index contributed by atoms with van der Waals surface area (Å²) in [6.07, 6.45) is 0. The van der Waals surface area contributed by atoms with Crippen molar-refractivity contribution in [3.05, 3.63) is 28.8 Å². The number of rotatable bonds is 1. The first-order valence-electron chi connectivity index (χ1n) is 5.84. The second-order valence-electron chi connectivity index (χ2n) is 4.54. The lowest BCUT2D eigenvalue weighted by Gasteiger charge is -2.18. The Morgan fingerprint density at radius 1 is 1.53 bits per heavy atom. The summed E-state index contributed by atoms with van der Waals surface area (Å²) in [5.74, 6) is 5.48. The Balaban J connectivity index is 2.44. The first-order valence-corrected chi connectivity index (χ1v) is 7.82. The molecule has 102 valence electrons. The van der Waals surface area contributed by atoms with Gasteiger partial charge >= 0.3 is 0 Å². The normalized spacial score (nSPS) is 21.0. The molecule has 0 spiro atoms. The number of halogens is 1. The van der Waals surface area contributed by atoms with Crippen LogP contribution >= 0.6 is 11.6 Å². The van der Waals surface area contributed by atoms with Crippen molar-refractivity contribution in [2.24, 2.45) is 5.92 Å². The van der Waals surface area contributed by atoms with E-state index >= 15 is 0 Å². The number of sulfonamides is 1. The topological polar surface area (TPSA) is 57.6 Å². The Kier molecular flexibility index (Phi) is 4.04. The van der Waals surface area contributed by atoms with E-state index in [9.17, 15) is 8.42 Å². The molecule has 0 saturated carbocycles. The Labute approximate surface area is 118 Å². The molecule has 1 fully saturated rings. The lowest BCUT2D eigenvalue weighted by molar-refractivity contribution is 0.350. The Bertz CT molecular complexity index is 646. The summed E-state index contributed by atoms with van der Waals surface area (Å²) >= 11 is 6.08. The number of aliphatic hydroxyl groups is 1. The lowest BCUT2D eigenvalue weighted by Crippen LogP contribution is -2.25. The van der Waals surface area contributed by atoms with Gasteiger partial charge in [0, 0.05) is 12.1 Å². The first kappa shape index (κ1) is 14.2. The highest BCUT2D eigenvalue weighted by Crippen LogP contribution is 2.33. The smallest absolute Gasteiger partial charge is 0.235 e. The van der Waals surface area contributed by atoms with E-state index in [-0.39, 0.29) is 18.3 Å². The summed E-state index contributed by atoms with van der Waals surface area (Å²) in [5.41, 5.74) is 1.08. The van der Waals surface area contributed by atoms with Crippen molar-refractivity contribution >= 4 is 27.3 Å². The third kappa shape index (κ3) is 3.03. The Morgan fingerprint density at radius 3 is 2.84 bits per heavy atom. The van der Waals surface area contributed by atoms with Crippen LogP contribution in [0.1, 0.15) is 12.5 Å². The van der Waals surface area contributed by atoms with Crippen LogP contribution in [0.4, 0.5) is 5.69 Å². The van der Waals surface area contributed by atoms with Crippen LogP contribution in [0, 0.1) is 17.8 Å². The van der Waals surface area contributed by atoms with Gasteiger partial charge in [-0.2, -0.15) is 0 Å². The van der Waals surface area contributed by atoms with Crippen LogP contribution in [0.3, 0.4) is 0 Å². The van der Waals surface area contributed by atoms with E-state index in [1.165, 1.54) is 4.31 Å². The molecule has 0 amide bonds. The molecule has 1 aliphatic heterocycles. The van der Waals surface area contributed by atoms with Gasteiger partial charge in [-0.25, -0.2) is 8.42 Å². The summed E-state index contributed by atoms with van der Waals surface area (Å²) in [6, 6.07) is 4.96. The minimum absolute atomic E-state index is 0.0771. The standard InChI is InChI=1S/C13H14ClNO3S/c1-10-8-15(19(17,18)9-10)13-7-11(3-2-6-16)4-5-12(13)14/h4-5,7,10,16H,6,8-9H2,1H3. The highest BCUT2D eigenvalue weighted by molar-refractivity contribution is 7.93. The minimum Gasteiger partial charge on any atom is -0.384 e. The van der Waals surface area contributed by atoms with Crippen LogP contribution in [0.2, 0.25) is 5.02 Å². The number of aliphatic hydroxyl groups excluding tert-OH is 1. The molecule has 0 bridgehead atoms. The molecule has 1 heterocycles. The second kappa shape index (κ2) is 5.41. The first-order chi connectivity index (χ1) is 8.94. The Hall–Kier alpha value is -1.22. The van der Waals surface area contributed by atoms with Gasteiger partial charge in [-0.3, -0.25) is 4.31 Å². The average molecular weight is 300 g/mol. The van der Waals surface area contributed by atoms with Gasteiger partial charge in [0.25, 0.3) is 0 Å². The summed E-state index contributed by atoms with van der Waals surface area (Å²) in [7, 11) is -3.30. The zero-order valence-electron chi connectivity index (χ0n) is 10.4. The Morgan fingerprint density at radius 2 is 2.26 bits per heavy atom. The van der Waals surface area contributed by atoms with Crippen LogP contribution in [0.5, 0.6) is 0 Å². The van der Waals surface area contributed by atoms with E-state index in [1.54, 1.807) is 18.2 Å². The summed E-state index contributed by atoms with van der Waals surface area (Å²) in [6.45, 7) is 2.08. The molecule has 6 heteroatoms. The fourth-order valence-corrected chi connectivity index (χ4v) is 4.28. The molecular formula is C13H14ClNO3S. The highest BCUT2D eigenvalue weighted by atomic mass is 35.5. The maximum absolute atomic E-state index is 12.0. The SMILES string of the molecule is CC1CN(c2cc(C#CCO)ccc2Cl)S(=O)(=O)C1. The van der Waals surface area contributed by atoms with Crippen LogP contribution in [0.15, 0.2) is 18.2 Å². The van der Waals surface area contributed by atoms with Crippen molar-refractivity contribution in [2.75, 3.05) is 23.2 Å². The third-order valence-electron chi connectivity index (χ3n) is 2.84. The molecule has 1 saturated heterocycles. The highest BCUT2D eigenvalue weighted by Gasteiger charge is 2.34. The minimum atomic E-state index is -3.30. The van der Waals surface area contributed by atoms with Gasteiger partial charge < -0.3 is 5.11 Å². The van der Waals surface area contributed by atoms with Crippen molar-refractivity contribution in [3.63, 3.8) is 0 Å². The average Bonchev–Trinajstić information content (AvgIpc) is 2.61. The van der Waals surface area contributed by atoms with E-state index in [0.29, 0.717) is 22.8 Å². The molecule has 1 N–H and O–H groups in total. The van der Waals surface area contributed by atoms with Crippen LogP contribution in [0.25, 0.3) is 0 Å². The molecule has 1 aliphatic rings.